The normalized spacial score (nSPS) is 21.3. The van der Waals surface area contributed by atoms with Crippen molar-refractivity contribution in [2.75, 3.05) is 11.5 Å². The van der Waals surface area contributed by atoms with E-state index in [0.29, 0.717) is 10.9 Å². The fourth-order valence-corrected chi connectivity index (χ4v) is 3.22. The second-order valence-electron chi connectivity index (χ2n) is 3.65. The second-order valence-corrected chi connectivity index (χ2v) is 5.21. The van der Waals surface area contributed by atoms with Crippen molar-refractivity contribution in [3.8, 4) is 0 Å². The van der Waals surface area contributed by atoms with E-state index in [2.05, 4.69) is 10.1 Å². The van der Waals surface area contributed by atoms with Gasteiger partial charge in [-0.15, -0.1) is 0 Å². The van der Waals surface area contributed by atoms with Crippen LogP contribution in [0.15, 0.2) is 18.3 Å². The van der Waals surface area contributed by atoms with Crippen molar-refractivity contribution in [3.05, 3.63) is 29.2 Å². The van der Waals surface area contributed by atoms with E-state index in [9.17, 15) is 0 Å². The molecule has 78 valence electrons. The molecule has 15 heavy (non-hydrogen) atoms. The van der Waals surface area contributed by atoms with Gasteiger partial charge >= 0.3 is 0 Å². The lowest BCUT2D eigenvalue weighted by Gasteiger charge is -1.99. The highest BCUT2D eigenvalue weighted by atomic mass is 35.5. The van der Waals surface area contributed by atoms with Crippen molar-refractivity contribution in [2.45, 2.75) is 12.3 Å². The van der Waals surface area contributed by atoms with Crippen molar-refractivity contribution in [2.24, 2.45) is 0 Å². The lowest BCUT2D eigenvalue weighted by molar-refractivity contribution is 0.713. The fraction of sp³-hybridized carbons (Fsp3) is 0.400. The molecule has 3 heterocycles. The molecule has 0 saturated carbocycles. The fourth-order valence-electron chi connectivity index (χ4n) is 1.80. The molecule has 5 heteroatoms. The van der Waals surface area contributed by atoms with Gasteiger partial charge in [-0.05, 0) is 24.3 Å². The Morgan fingerprint density at radius 2 is 2.47 bits per heavy atom. The maximum atomic E-state index is 6.05. The van der Waals surface area contributed by atoms with Crippen LogP contribution in [0, 0.1) is 0 Å². The smallest absolute Gasteiger partial charge is 0.174 e. The Balaban J connectivity index is 2.09. The summed E-state index contributed by atoms with van der Waals surface area (Å²) in [5, 5.41) is 5.13. The molecule has 1 saturated heterocycles. The number of rotatable bonds is 1. The van der Waals surface area contributed by atoms with Crippen LogP contribution in [-0.2, 0) is 0 Å². The minimum atomic E-state index is 0.506. The quantitative estimate of drug-likeness (QED) is 0.766. The van der Waals surface area contributed by atoms with Crippen LogP contribution in [0.5, 0.6) is 0 Å². The number of thioether (sulfide) groups is 1. The Labute approximate surface area is 96.8 Å². The van der Waals surface area contributed by atoms with E-state index in [-0.39, 0.29) is 0 Å². The van der Waals surface area contributed by atoms with E-state index in [1.807, 2.05) is 30.1 Å². The molecule has 3 rings (SSSR count). The SMILES string of the molecule is Clc1cccn2nc(C3CCSC3)nc12. The van der Waals surface area contributed by atoms with Crippen LogP contribution in [0.3, 0.4) is 0 Å². The zero-order chi connectivity index (χ0) is 10.3. The third-order valence-electron chi connectivity index (χ3n) is 2.63. The van der Waals surface area contributed by atoms with Gasteiger partial charge in [0.1, 0.15) is 0 Å². The molecule has 1 aliphatic rings. The van der Waals surface area contributed by atoms with E-state index in [1.54, 1.807) is 4.52 Å². The predicted octanol–water partition coefficient (Wildman–Crippen LogP) is 2.60. The van der Waals surface area contributed by atoms with Crippen molar-refractivity contribution >= 4 is 29.0 Å². The van der Waals surface area contributed by atoms with Gasteiger partial charge in [0.25, 0.3) is 0 Å². The summed E-state index contributed by atoms with van der Waals surface area (Å²) in [4.78, 5) is 4.50. The first-order valence-electron chi connectivity index (χ1n) is 4.93. The standard InChI is InChI=1S/C10H10ClN3S/c11-8-2-1-4-14-10(8)12-9(13-14)7-3-5-15-6-7/h1-2,4,7H,3,5-6H2. The molecule has 0 bridgehead atoms. The van der Waals surface area contributed by atoms with Gasteiger partial charge in [-0.25, -0.2) is 9.50 Å². The summed E-state index contributed by atoms with van der Waals surface area (Å²) in [6, 6.07) is 3.73. The van der Waals surface area contributed by atoms with Crippen LogP contribution >= 0.6 is 23.4 Å². The molecule has 1 unspecified atom stereocenters. The highest BCUT2D eigenvalue weighted by Crippen LogP contribution is 2.31. The van der Waals surface area contributed by atoms with E-state index < -0.39 is 0 Å². The lowest BCUT2D eigenvalue weighted by Crippen LogP contribution is -1.99. The molecular weight excluding hydrogens is 230 g/mol. The molecule has 3 nitrogen and oxygen atoms in total. The van der Waals surface area contributed by atoms with Crippen molar-refractivity contribution < 1.29 is 0 Å². The maximum Gasteiger partial charge on any atom is 0.174 e. The minimum absolute atomic E-state index is 0.506. The molecule has 0 aromatic carbocycles. The molecular formula is C10H10ClN3S. The molecule has 0 amide bonds. The molecule has 0 spiro atoms. The van der Waals surface area contributed by atoms with E-state index in [1.165, 1.54) is 12.2 Å². The van der Waals surface area contributed by atoms with Crippen LogP contribution in [-0.4, -0.2) is 26.1 Å². The van der Waals surface area contributed by atoms with Crippen LogP contribution in [0.25, 0.3) is 5.65 Å². The Morgan fingerprint density at radius 1 is 1.53 bits per heavy atom. The van der Waals surface area contributed by atoms with Gasteiger partial charge in [0.05, 0.1) is 5.02 Å². The summed E-state index contributed by atoms with van der Waals surface area (Å²) >= 11 is 8.02. The Morgan fingerprint density at radius 3 is 3.20 bits per heavy atom. The van der Waals surface area contributed by atoms with E-state index >= 15 is 0 Å². The Kier molecular flexibility index (Phi) is 2.33. The molecule has 2 aromatic heterocycles. The number of aromatic nitrogens is 3. The number of nitrogens with zero attached hydrogens (tertiary/aromatic N) is 3. The number of hydrogen-bond acceptors (Lipinski definition) is 3. The first-order chi connectivity index (χ1) is 7.34. The number of fused-ring (bicyclic) bond motifs is 1. The first kappa shape index (κ1) is 9.48. The molecule has 1 aliphatic heterocycles. The number of pyridine rings is 1. The first-order valence-corrected chi connectivity index (χ1v) is 6.46. The van der Waals surface area contributed by atoms with Crippen LogP contribution in [0.2, 0.25) is 5.02 Å². The third kappa shape index (κ3) is 1.62. The highest BCUT2D eigenvalue weighted by molar-refractivity contribution is 7.99. The lowest BCUT2D eigenvalue weighted by atomic mass is 10.1. The van der Waals surface area contributed by atoms with Crippen molar-refractivity contribution in [1.29, 1.82) is 0 Å². The molecule has 0 N–H and O–H groups in total. The van der Waals surface area contributed by atoms with Gasteiger partial charge in [-0.1, -0.05) is 11.6 Å². The van der Waals surface area contributed by atoms with Gasteiger partial charge in [-0.2, -0.15) is 16.9 Å². The zero-order valence-corrected chi connectivity index (χ0v) is 9.63. The van der Waals surface area contributed by atoms with Crippen molar-refractivity contribution in [3.63, 3.8) is 0 Å². The molecule has 0 radical (unpaired) electrons. The second kappa shape index (κ2) is 3.68. The summed E-state index contributed by atoms with van der Waals surface area (Å²) < 4.78 is 1.76. The van der Waals surface area contributed by atoms with Gasteiger partial charge in [0, 0.05) is 17.9 Å². The van der Waals surface area contributed by atoms with Crippen LogP contribution in [0.4, 0.5) is 0 Å². The largest absolute Gasteiger partial charge is 0.219 e. The summed E-state index contributed by atoms with van der Waals surface area (Å²) in [5.41, 5.74) is 0.770. The average molecular weight is 240 g/mol. The summed E-state index contributed by atoms with van der Waals surface area (Å²) in [5.74, 6) is 3.79. The summed E-state index contributed by atoms with van der Waals surface area (Å²) in [7, 11) is 0. The minimum Gasteiger partial charge on any atom is -0.219 e. The molecule has 1 atom stereocenters. The van der Waals surface area contributed by atoms with Gasteiger partial charge < -0.3 is 0 Å². The summed E-state index contributed by atoms with van der Waals surface area (Å²) in [6.45, 7) is 0. The zero-order valence-electron chi connectivity index (χ0n) is 8.06. The monoisotopic (exact) mass is 239 g/mol. The van der Waals surface area contributed by atoms with E-state index in [4.69, 9.17) is 11.6 Å². The van der Waals surface area contributed by atoms with Crippen LogP contribution < -0.4 is 0 Å². The molecule has 0 aliphatic carbocycles. The van der Waals surface area contributed by atoms with Gasteiger partial charge in [0.15, 0.2) is 11.5 Å². The summed E-state index contributed by atoms with van der Waals surface area (Å²) in [6.07, 6.45) is 3.07. The Bertz CT molecular complexity index is 490. The molecule has 1 fully saturated rings. The molecule has 2 aromatic rings. The maximum absolute atomic E-state index is 6.05. The number of hydrogen-bond donors (Lipinski definition) is 0. The van der Waals surface area contributed by atoms with E-state index in [0.717, 1.165) is 17.2 Å². The van der Waals surface area contributed by atoms with Crippen LogP contribution in [0.1, 0.15) is 18.2 Å². The number of halogens is 1. The predicted molar refractivity (Wildman–Crippen MR) is 62.7 cm³/mol. The highest BCUT2D eigenvalue weighted by Gasteiger charge is 2.22. The topological polar surface area (TPSA) is 30.2 Å². The Hall–Kier alpha value is -0.740. The average Bonchev–Trinajstić information content (AvgIpc) is 2.86. The third-order valence-corrected chi connectivity index (χ3v) is 4.08. The van der Waals surface area contributed by atoms with Gasteiger partial charge in [-0.3, -0.25) is 0 Å². The van der Waals surface area contributed by atoms with Crippen molar-refractivity contribution in [1.82, 2.24) is 14.6 Å². The van der Waals surface area contributed by atoms with Gasteiger partial charge in [0.2, 0.25) is 0 Å².